The van der Waals surface area contributed by atoms with Crippen LogP contribution in [0.4, 0.5) is 5.95 Å². The quantitative estimate of drug-likeness (QED) is 0.755. The van der Waals surface area contributed by atoms with E-state index in [1.165, 1.54) is 12.3 Å². The number of benzene rings is 1. The van der Waals surface area contributed by atoms with E-state index in [4.69, 9.17) is 22.2 Å². The molecule has 0 spiro atoms. The van der Waals surface area contributed by atoms with Crippen molar-refractivity contribution >= 4 is 29.4 Å². The van der Waals surface area contributed by atoms with Crippen LogP contribution in [0.3, 0.4) is 0 Å². The average molecular weight is 430 g/mol. The maximum Gasteiger partial charge on any atom is 0.267 e. The van der Waals surface area contributed by atoms with E-state index in [-0.39, 0.29) is 29.6 Å². The van der Waals surface area contributed by atoms with Gasteiger partial charge in [-0.15, -0.1) is 0 Å². The van der Waals surface area contributed by atoms with Crippen molar-refractivity contribution in [3.8, 4) is 0 Å². The summed E-state index contributed by atoms with van der Waals surface area (Å²) in [6, 6.07) is 9.12. The number of primary amides is 1. The Morgan fingerprint density at radius 1 is 1.10 bits per heavy atom. The Bertz CT molecular complexity index is 915. The predicted molar refractivity (Wildman–Crippen MR) is 112 cm³/mol. The third-order valence-corrected chi connectivity index (χ3v) is 5.95. The molecule has 1 aromatic heterocycles. The number of nitrogens with one attached hydrogen (secondary N) is 1. The zero-order valence-electron chi connectivity index (χ0n) is 16.5. The van der Waals surface area contributed by atoms with E-state index < -0.39 is 5.91 Å². The second kappa shape index (κ2) is 8.97. The Balaban J connectivity index is 1.34. The molecule has 2 fully saturated rings. The number of hydroxylamine groups is 2. The zero-order chi connectivity index (χ0) is 21.1. The number of halogens is 1. The van der Waals surface area contributed by atoms with Gasteiger partial charge < -0.3 is 11.1 Å². The SMILES string of the molecule is NC(=O)c1ccnc(NC2CCC(C(=O)N3OCC[C@H]3c3ccc(Cl)cc3)CC2)n1. The summed E-state index contributed by atoms with van der Waals surface area (Å²) in [5, 5.41) is 5.48. The molecule has 8 nitrogen and oxygen atoms in total. The number of hydrogen-bond acceptors (Lipinski definition) is 6. The molecule has 4 rings (SSSR count). The lowest BCUT2D eigenvalue weighted by Crippen LogP contribution is -2.38. The van der Waals surface area contributed by atoms with E-state index in [2.05, 4.69) is 15.3 Å². The van der Waals surface area contributed by atoms with Crippen molar-refractivity contribution in [2.24, 2.45) is 11.7 Å². The molecule has 1 aromatic carbocycles. The standard InChI is InChI=1S/C21H24ClN5O3/c22-15-5-1-13(2-6-15)18-10-12-30-27(18)20(29)14-3-7-16(8-4-14)25-21-24-11-9-17(26-21)19(23)28/h1-2,5-6,9,11,14,16,18H,3-4,7-8,10,12H2,(H2,23,28)(H,24,25,26)/t14?,16?,18-/m0/s1. The highest BCUT2D eigenvalue weighted by molar-refractivity contribution is 6.30. The smallest absolute Gasteiger partial charge is 0.267 e. The van der Waals surface area contributed by atoms with E-state index in [0.29, 0.717) is 17.6 Å². The predicted octanol–water partition coefficient (Wildman–Crippen LogP) is 3.10. The second-order valence-electron chi connectivity index (χ2n) is 7.68. The van der Waals surface area contributed by atoms with Gasteiger partial charge in [0.2, 0.25) is 11.9 Å². The van der Waals surface area contributed by atoms with Gasteiger partial charge in [0.15, 0.2) is 0 Å². The monoisotopic (exact) mass is 429 g/mol. The minimum absolute atomic E-state index is 0.0397. The van der Waals surface area contributed by atoms with Crippen molar-refractivity contribution in [2.45, 2.75) is 44.2 Å². The van der Waals surface area contributed by atoms with Gasteiger partial charge in [-0.3, -0.25) is 14.4 Å². The fourth-order valence-electron chi connectivity index (χ4n) is 4.09. The maximum atomic E-state index is 13.1. The van der Waals surface area contributed by atoms with Crippen molar-refractivity contribution in [2.75, 3.05) is 11.9 Å². The molecule has 1 aliphatic carbocycles. The average Bonchev–Trinajstić information content (AvgIpc) is 3.24. The van der Waals surface area contributed by atoms with Crippen LogP contribution < -0.4 is 11.1 Å². The Morgan fingerprint density at radius 3 is 2.53 bits per heavy atom. The highest BCUT2D eigenvalue weighted by Crippen LogP contribution is 2.35. The lowest BCUT2D eigenvalue weighted by Gasteiger charge is -2.32. The summed E-state index contributed by atoms with van der Waals surface area (Å²) < 4.78 is 0. The van der Waals surface area contributed by atoms with Gasteiger partial charge in [-0.1, -0.05) is 23.7 Å². The summed E-state index contributed by atoms with van der Waals surface area (Å²) in [7, 11) is 0. The Kier molecular flexibility index (Phi) is 6.15. The molecular formula is C21H24ClN5O3. The maximum absolute atomic E-state index is 13.1. The first kappa shape index (κ1) is 20.6. The van der Waals surface area contributed by atoms with Crippen molar-refractivity contribution < 1.29 is 14.4 Å². The number of anilines is 1. The van der Waals surface area contributed by atoms with Crippen molar-refractivity contribution in [1.29, 1.82) is 0 Å². The number of carbonyl (C=O) groups excluding carboxylic acids is 2. The van der Waals surface area contributed by atoms with Crippen molar-refractivity contribution in [3.63, 3.8) is 0 Å². The summed E-state index contributed by atoms with van der Waals surface area (Å²) in [6.45, 7) is 0.531. The molecule has 9 heteroatoms. The number of carbonyl (C=O) groups is 2. The van der Waals surface area contributed by atoms with Crippen LogP contribution in [0.1, 0.15) is 54.2 Å². The number of nitrogens with two attached hydrogens (primary N) is 1. The first-order valence-electron chi connectivity index (χ1n) is 10.1. The molecule has 2 heterocycles. The molecule has 2 amide bonds. The molecule has 0 bridgehead atoms. The fraction of sp³-hybridized carbons (Fsp3) is 0.429. The van der Waals surface area contributed by atoms with Gasteiger partial charge in [0.05, 0.1) is 12.6 Å². The van der Waals surface area contributed by atoms with Gasteiger partial charge in [0, 0.05) is 29.6 Å². The molecule has 0 unspecified atom stereocenters. The molecule has 1 aliphatic heterocycles. The lowest BCUT2D eigenvalue weighted by molar-refractivity contribution is -0.182. The topological polar surface area (TPSA) is 110 Å². The first-order valence-corrected chi connectivity index (χ1v) is 10.5. The second-order valence-corrected chi connectivity index (χ2v) is 8.11. The van der Waals surface area contributed by atoms with Crippen LogP contribution in [-0.2, 0) is 9.63 Å². The molecule has 30 heavy (non-hydrogen) atoms. The van der Waals surface area contributed by atoms with E-state index in [1.807, 2.05) is 24.3 Å². The minimum Gasteiger partial charge on any atom is -0.364 e. The lowest BCUT2D eigenvalue weighted by atomic mass is 9.85. The van der Waals surface area contributed by atoms with Crippen molar-refractivity contribution in [1.82, 2.24) is 15.0 Å². The highest BCUT2D eigenvalue weighted by atomic mass is 35.5. The molecule has 158 valence electrons. The molecule has 3 N–H and O–H groups in total. The third-order valence-electron chi connectivity index (χ3n) is 5.69. The molecule has 0 radical (unpaired) electrons. The molecular weight excluding hydrogens is 406 g/mol. The van der Waals surface area contributed by atoms with E-state index in [0.717, 1.165) is 37.7 Å². The summed E-state index contributed by atoms with van der Waals surface area (Å²) in [4.78, 5) is 38.4. The van der Waals surface area contributed by atoms with E-state index in [1.54, 1.807) is 5.06 Å². The molecule has 2 aromatic rings. The van der Waals surface area contributed by atoms with Crippen LogP contribution in [0.25, 0.3) is 0 Å². The number of rotatable bonds is 5. The normalized spacial score (nSPS) is 23.9. The first-order chi connectivity index (χ1) is 14.5. The Morgan fingerprint density at radius 2 is 1.83 bits per heavy atom. The minimum atomic E-state index is -0.587. The summed E-state index contributed by atoms with van der Waals surface area (Å²) in [5.41, 5.74) is 6.48. The van der Waals surface area contributed by atoms with Crippen LogP contribution in [0, 0.1) is 5.92 Å². The van der Waals surface area contributed by atoms with Gasteiger partial charge in [-0.05, 0) is 49.4 Å². The van der Waals surface area contributed by atoms with E-state index in [9.17, 15) is 9.59 Å². The van der Waals surface area contributed by atoms with Crippen molar-refractivity contribution in [3.05, 3.63) is 52.8 Å². The van der Waals surface area contributed by atoms with Crippen LogP contribution in [0.2, 0.25) is 5.02 Å². The van der Waals surface area contributed by atoms with Gasteiger partial charge in [0.25, 0.3) is 5.91 Å². The summed E-state index contributed by atoms with van der Waals surface area (Å²) >= 11 is 5.99. The van der Waals surface area contributed by atoms with Crippen LogP contribution >= 0.6 is 11.6 Å². The largest absolute Gasteiger partial charge is 0.364 e. The van der Waals surface area contributed by atoms with Gasteiger partial charge >= 0.3 is 0 Å². The van der Waals surface area contributed by atoms with E-state index >= 15 is 0 Å². The van der Waals surface area contributed by atoms with Gasteiger partial charge in [-0.25, -0.2) is 15.0 Å². The van der Waals surface area contributed by atoms with Crippen LogP contribution in [-0.4, -0.2) is 39.5 Å². The van der Waals surface area contributed by atoms with Crippen LogP contribution in [0.15, 0.2) is 36.5 Å². The Hall–Kier alpha value is -2.71. The number of amides is 2. The number of hydrogen-bond donors (Lipinski definition) is 2. The summed E-state index contributed by atoms with van der Waals surface area (Å²) in [5.74, 6) is -0.242. The molecule has 1 saturated heterocycles. The summed E-state index contributed by atoms with van der Waals surface area (Å²) in [6.07, 6.45) is 5.39. The fourth-order valence-corrected chi connectivity index (χ4v) is 4.21. The van der Waals surface area contributed by atoms with Crippen LogP contribution in [0.5, 0.6) is 0 Å². The molecule has 1 atom stereocenters. The molecule has 2 aliphatic rings. The van der Waals surface area contributed by atoms with Gasteiger partial charge in [0.1, 0.15) is 5.69 Å². The third kappa shape index (κ3) is 4.55. The molecule has 1 saturated carbocycles. The number of nitrogens with zero attached hydrogens (tertiary/aromatic N) is 3. The number of aromatic nitrogens is 2. The Labute approximate surface area is 179 Å². The highest BCUT2D eigenvalue weighted by Gasteiger charge is 2.37. The van der Waals surface area contributed by atoms with Gasteiger partial charge in [-0.2, -0.15) is 0 Å². The zero-order valence-corrected chi connectivity index (χ0v) is 17.2.